The molecule has 0 aromatic heterocycles. The summed E-state index contributed by atoms with van der Waals surface area (Å²) in [5.41, 5.74) is 1.09. The fraction of sp³-hybridized carbons (Fsp3) is 0.0417. The Morgan fingerprint density at radius 1 is 1.09 bits per heavy atom. The molecule has 1 saturated heterocycles. The minimum absolute atomic E-state index is 0.0953. The van der Waals surface area contributed by atoms with Gasteiger partial charge in [-0.25, -0.2) is 9.18 Å². The van der Waals surface area contributed by atoms with Gasteiger partial charge in [0.1, 0.15) is 5.82 Å². The first-order chi connectivity index (χ1) is 16.8. The van der Waals surface area contributed by atoms with Crippen molar-refractivity contribution in [3.8, 4) is 11.5 Å². The van der Waals surface area contributed by atoms with Crippen molar-refractivity contribution in [2.75, 3.05) is 12.0 Å². The van der Waals surface area contributed by atoms with E-state index in [0.717, 1.165) is 23.9 Å². The minimum Gasteiger partial charge on any atom is -0.493 e. The minimum atomic E-state index is -0.681. The molecule has 0 unspecified atom stereocenters. The highest BCUT2D eigenvalue weighted by Gasteiger charge is 2.33. The van der Waals surface area contributed by atoms with Crippen molar-refractivity contribution in [3.63, 3.8) is 0 Å². The van der Waals surface area contributed by atoms with E-state index in [9.17, 15) is 24.1 Å². The number of carbonyl (C=O) groups excluding carboxylic acids is 2. The van der Waals surface area contributed by atoms with Gasteiger partial charge in [-0.05, 0) is 60.2 Å². The molecule has 4 rings (SSSR count). The van der Waals surface area contributed by atoms with Crippen molar-refractivity contribution in [1.29, 1.82) is 0 Å². The Bertz CT molecular complexity index is 1370. The molecule has 176 valence electrons. The van der Waals surface area contributed by atoms with Crippen LogP contribution >= 0.6 is 24.0 Å². The van der Waals surface area contributed by atoms with E-state index >= 15 is 0 Å². The van der Waals surface area contributed by atoms with Crippen LogP contribution in [-0.2, 0) is 4.79 Å². The zero-order chi connectivity index (χ0) is 25.1. The van der Waals surface area contributed by atoms with Gasteiger partial charge < -0.3 is 9.47 Å². The fourth-order valence-electron chi connectivity index (χ4n) is 3.17. The molecule has 0 bridgehead atoms. The number of hydrogen-bond donors (Lipinski definition) is 0. The number of nitro groups is 1. The number of halogens is 1. The van der Waals surface area contributed by atoms with E-state index in [2.05, 4.69) is 0 Å². The summed E-state index contributed by atoms with van der Waals surface area (Å²) >= 11 is 6.42. The molecule has 1 amide bonds. The first kappa shape index (κ1) is 24.0. The number of ether oxygens (including phenoxy) is 2. The molecule has 0 aliphatic carbocycles. The van der Waals surface area contributed by atoms with Crippen LogP contribution in [-0.4, -0.2) is 28.2 Å². The second-order valence-electron chi connectivity index (χ2n) is 7.10. The van der Waals surface area contributed by atoms with Crippen molar-refractivity contribution in [2.45, 2.75) is 0 Å². The Labute approximate surface area is 208 Å². The number of rotatable bonds is 6. The smallest absolute Gasteiger partial charge is 0.343 e. The first-order valence-corrected chi connectivity index (χ1v) is 11.2. The van der Waals surface area contributed by atoms with Crippen LogP contribution in [0.4, 0.5) is 15.8 Å². The Morgan fingerprint density at radius 3 is 2.40 bits per heavy atom. The molecule has 1 aliphatic rings. The maximum absolute atomic E-state index is 13.1. The van der Waals surface area contributed by atoms with Crippen LogP contribution in [0, 0.1) is 15.9 Å². The maximum atomic E-state index is 13.1. The summed E-state index contributed by atoms with van der Waals surface area (Å²) in [7, 11) is 1.41. The van der Waals surface area contributed by atoms with Gasteiger partial charge >= 0.3 is 5.97 Å². The standard InChI is InChI=1S/C24H15FN2O6S2/c1-32-20-12-14(2-11-19(20)33-23(29)15-3-5-16(25)6-4-15)13-21-22(28)26(24(34)35-21)17-7-9-18(10-8-17)27(30)31/h2-13H,1H3/b21-13-. The SMILES string of the molecule is COc1cc(/C=C2\SC(=S)N(c3ccc([N+](=O)[O-])cc3)C2=O)ccc1OC(=O)c1ccc(F)cc1. The van der Waals surface area contributed by atoms with Gasteiger partial charge in [0.25, 0.3) is 11.6 Å². The molecule has 35 heavy (non-hydrogen) atoms. The predicted molar refractivity (Wildman–Crippen MR) is 133 cm³/mol. The van der Waals surface area contributed by atoms with E-state index in [1.165, 1.54) is 54.5 Å². The number of thioether (sulfide) groups is 1. The van der Waals surface area contributed by atoms with Crippen molar-refractivity contribution in [2.24, 2.45) is 0 Å². The highest BCUT2D eigenvalue weighted by Crippen LogP contribution is 2.37. The van der Waals surface area contributed by atoms with Crippen LogP contribution in [0.1, 0.15) is 15.9 Å². The highest BCUT2D eigenvalue weighted by molar-refractivity contribution is 8.27. The molecular formula is C24H15FN2O6S2. The van der Waals surface area contributed by atoms with Crippen LogP contribution in [0.15, 0.2) is 71.6 Å². The molecule has 8 nitrogen and oxygen atoms in total. The summed E-state index contributed by atoms with van der Waals surface area (Å²) in [4.78, 5) is 37.3. The summed E-state index contributed by atoms with van der Waals surface area (Å²) < 4.78 is 24.1. The van der Waals surface area contributed by atoms with Crippen molar-refractivity contribution < 1.29 is 28.4 Å². The Balaban J connectivity index is 1.54. The molecule has 11 heteroatoms. The Hall–Kier alpha value is -4.09. The summed E-state index contributed by atoms with van der Waals surface area (Å²) in [6, 6.07) is 15.2. The third-order valence-electron chi connectivity index (χ3n) is 4.88. The van der Waals surface area contributed by atoms with Gasteiger partial charge in [-0.2, -0.15) is 0 Å². The first-order valence-electron chi connectivity index (χ1n) is 9.95. The maximum Gasteiger partial charge on any atom is 0.343 e. The average Bonchev–Trinajstić information content (AvgIpc) is 3.12. The number of non-ortho nitro benzene ring substituents is 1. The van der Waals surface area contributed by atoms with E-state index in [-0.39, 0.29) is 33.0 Å². The van der Waals surface area contributed by atoms with Crippen LogP contribution in [0.5, 0.6) is 11.5 Å². The molecule has 3 aromatic carbocycles. The second kappa shape index (κ2) is 10.0. The van der Waals surface area contributed by atoms with Gasteiger partial charge in [-0.1, -0.05) is 30.0 Å². The molecule has 0 radical (unpaired) electrons. The number of thiocarbonyl (C=S) groups is 1. The monoisotopic (exact) mass is 510 g/mol. The normalized spacial score (nSPS) is 14.3. The van der Waals surface area contributed by atoms with Gasteiger partial charge in [0.2, 0.25) is 0 Å². The topological polar surface area (TPSA) is 99.0 Å². The number of hydrogen-bond acceptors (Lipinski definition) is 8. The van der Waals surface area contributed by atoms with Crippen LogP contribution in [0.25, 0.3) is 6.08 Å². The molecule has 1 fully saturated rings. The van der Waals surface area contributed by atoms with Crippen molar-refractivity contribution in [3.05, 3.63) is 98.7 Å². The second-order valence-corrected chi connectivity index (χ2v) is 8.77. The molecule has 0 spiro atoms. The number of esters is 1. The third kappa shape index (κ3) is 5.20. The van der Waals surface area contributed by atoms with E-state index in [0.29, 0.717) is 16.2 Å². The zero-order valence-electron chi connectivity index (χ0n) is 18.0. The van der Waals surface area contributed by atoms with Gasteiger partial charge in [0, 0.05) is 12.1 Å². The molecule has 0 N–H and O–H groups in total. The highest BCUT2D eigenvalue weighted by atomic mass is 32.2. The van der Waals surface area contributed by atoms with E-state index in [1.807, 2.05) is 0 Å². The summed E-state index contributed by atoms with van der Waals surface area (Å²) in [6.07, 6.45) is 1.61. The van der Waals surface area contributed by atoms with E-state index in [1.54, 1.807) is 18.2 Å². The predicted octanol–water partition coefficient (Wildman–Crippen LogP) is 5.37. The summed E-state index contributed by atoms with van der Waals surface area (Å²) in [6.45, 7) is 0. The van der Waals surface area contributed by atoms with Crippen LogP contribution < -0.4 is 14.4 Å². The van der Waals surface area contributed by atoms with Gasteiger partial charge in [0.15, 0.2) is 15.8 Å². The number of methoxy groups -OCH3 is 1. The van der Waals surface area contributed by atoms with Gasteiger partial charge in [-0.3, -0.25) is 19.8 Å². The number of benzene rings is 3. The Kier molecular flexibility index (Phi) is 6.90. The molecular weight excluding hydrogens is 495 g/mol. The number of amides is 1. The van der Waals surface area contributed by atoms with E-state index in [4.69, 9.17) is 21.7 Å². The van der Waals surface area contributed by atoms with Crippen molar-refractivity contribution in [1.82, 2.24) is 0 Å². The molecule has 0 atom stereocenters. The number of anilines is 1. The molecule has 1 heterocycles. The largest absolute Gasteiger partial charge is 0.493 e. The quantitative estimate of drug-likeness (QED) is 0.109. The zero-order valence-corrected chi connectivity index (χ0v) is 19.6. The summed E-state index contributed by atoms with van der Waals surface area (Å²) in [5.74, 6) is -1.13. The lowest BCUT2D eigenvalue weighted by Crippen LogP contribution is -2.27. The van der Waals surface area contributed by atoms with Gasteiger partial charge in [0.05, 0.1) is 28.2 Å². The van der Waals surface area contributed by atoms with Gasteiger partial charge in [-0.15, -0.1) is 0 Å². The lowest BCUT2D eigenvalue weighted by molar-refractivity contribution is -0.384. The molecule has 3 aromatic rings. The lowest BCUT2D eigenvalue weighted by atomic mass is 10.1. The number of carbonyl (C=O) groups is 2. The van der Waals surface area contributed by atoms with Crippen molar-refractivity contribution >= 4 is 57.6 Å². The Morgan fingerprint density at radius 2 is 1.77 bits per heavy atom. The average molecular weight is 511 g/mol. The molecule has 1 aliphatic heterocycles. The lowest BCUT2D eigenvalue weighted by Gasteiger charge is -2.14. The van der Waals surface area contributed by atoms with E-state index < -0.39 is 16.7 Å². The summed E-state index contributed by atoms with van der Waals surface area (Å²) in [5, 5.41) is 10.9. The number of nitro benzene ring substituents is 1. The third-order valence-corrected chi connectivity index (χ3v) is 6.18. The number of nitrogens with zero attached hydrogens (tertiary/aromatic N) is 2. The van der Waals surface area contributed by atoms with Crippen LogP contribution in [0.2, 0.25) is 0 Å². The molecule has 0 saturated carbocycles. The van der Waals surface area contributed by atoms with Crippen LogP contribution in [0.3, 0.4) is 0 Å². The fourth-order valence-corrected chi connectivity index (χ4v) is 4.47.